The van der Waals surface area contributed by atoms with Crippen molar-refractivity contribution in [3.8, 4) is 5.75 Å². The van der Waals surface area contributed by atoms with E-state index in [1.54, 1.807) is 7.11 Å². The number of benzene rings is 2. The molecule has 0 saturated carbocycles. The summed E-state index contributed by atoms with van der Waals surface area (Å²) in [6.07, 6.45) is 0. The third-order valence-electron chi connectivity index (χ3n) is 3.32. The maximum Gasteiger partial charge on any atom is 0.126 e. The van der Waals surface area contributed by atoms with Crippen molar-refractivity contribution in [3.63, 3.8) is 0 Å². The van der Waals surface area contributed by atoms with Gasteiger partial charge in [-0.1, -0.05) is 12.1 Å². The van der Waals surface area contributed by atoms with E-state index in [4.69, 9.17) is 10.5 Å². The van der Waals surface area contributed by atoms with Crippen LogP contribution in [0, 0.1) is 0 Å². The van der Waals surface area contributed by atoms with Crippen LogP contribution in [0.2, 0.25) is 0 Å². The molecule has 0 radical (unpaired) electrons. The summed E-state index contributed by atoms with van der Waals surface area (Å²) in [6, 6.07) is 17.7. The Morgan fingerprint density at radius 3 is 2.86 bits per heavy atom. The predicted octanol–water partition coefficient (Wildman–Crippen LogP) is 3.44. The summed E-state index contributed by atoms with van der Waals surface area (Å²) in [5, 5.41) is 4.36. The molecule has 21 heavy (non-hydrogen) atoms. The summed E-state index contributed by atoms with van der Waals surface area (Å²) in [4.78, 5) is 4.58. The molecule has 0 aliphatic rings. The molecule has 0 atom stereocenters. The smallest absolute Gasteiger partial charge is 0.126 e. The number of nitrogens with zero attached hydrogens (tertiary/aromatic N) is 1. The highest BCUT2D eigenvalue weighted by Gasteiger charge is 2.00. The Morgan fingerprint density at radius 2 is 2.00 bits per heavy atom. The average molecular weight is 279 g/mol. The van der Waals surface area contributed by atoms with Gasteiger partial charge >= 0.3 is 0 Å². The molecular formula is C17H17N3O. The van der Waals surface area contributed by atoms with Crippen LogP contribution in [0.15, 0.2) is 54.6 Å². The monoisotopic (exact) mass is 279 g/mol. The Morgan fingerprint density at radius 1 is 1.10 bits per heavy atom. The largest absolute Gasteiger partial charge is 0.497 e. The molecule has 0 bridgehead atoms. The van der Waals surface area contributed by atoms with Gasteiger partial charge in [0, 0.05) is 17.6 Å². The van der Waals surface area contributed by atoms with Crippen LogP contribution in [-0.2, 0) is 6.54 Å². The number of aromatic nitrogens is 1. The van der Waals surface area contributed by atoms with Crippen LogP contribution in [0.25, 0.3) is 10.9 Å². The molecule has 1 heterocycles. The molecular weight excluding hydrogens is 262 g/mol. The zero-order valence-corrected chi connectivity index (χ0v) is 11.8. The summed E-state index contributed by atoms with van der Waals surface area (Å²) < 4.78 is 5.22. The maximum atomic E-state index is 5.77. The number of nitrogens with two attached hydrogens (primary N) is 1. The van der Waals surface area contributed by atoms with Gasteiger partial charge < -0.3 is 15.8 Å². The normalized spacial score (nSPS) is 10.5. The van der Waals surface area contributed by atoms with Crippen LogP contribution in [-0.4, -0.2) is 12.1 Å². The van der Waals surface area contributed by atoms with E-state index < -0.39 is 0 Å². The Balaban J connectivity index is 1.77. The van der Waals surface area contributed by atoms with Crippen molar-refractivity contribution < 1.29 is 4.74 Å². The van der Waals surface area contributed by atoms with Crippen molar-refractivity contribution in [3.05, 3.63) is 60.2 Å². The molecule has 0 unspecified atom stereocenters. The molecule has 106 valence electrons. The molecule has 3 rings (SSSR count). The highest BCUT2D eigenvalue weighted by molar-refractivity contribution is 5.83. The molecule has 1 aromatic heterocycles. The van der Waals surface area contributed by atoms with Gasteiger partial charge in [-0.2, -0.15) is 0 Å². The topological polar surface area (TPSA) is 60.2 Å². The zero-order valence-electron chi connectivity index (χ0n) is 11.8. The number of ether oxygens (including phenoxy) is 1. The number of nitrogens with one attached hydrogen (secondary N) is 1. The zero-order chi connectivity index (χ0) is 14.7. The Kier molecular flexibility index (Phi) is 3.60. The van der Waals surface area contributed by atoms with E-state index in [-0.39, 0.29) is 0 Å². The van der Waals surface area contributed by atoms with E-state index in [2.05, 4.69) is 16.4 Å². The fourth-order valence-electron chi connectivity index (χ4n) is 2.22. The van der Waals surface area contributed by atoms with Crippen LogP contribution < -0.4 is 15.8 Å². The van der Waals surface area contributed by atoms with E-state index in [9.17, 15) is 0 Å². The second kappa shape index (κ2) is 5.71. The first-order chi connectivity index (χ1) is 10.2. The summed E-state index contributed by atoms with van der Waals surface area (Å²) in [5.41, 5.74) is 8.60. The van der Waals surface area contributed by atoms with Gasteiger partial charge in [-0.3, -0.25) is 0 Å². The Hall–Kier alpha value is -2.75. The summed E-state index contributed by atoms with van der Waals surface area (Å²) in [7, 11) is 1.67. The van der Waals surface area contributed by atoms with Crippen LogP contribution in [0.4, 0.5) is 11.5 Å². The Labute approximate surface area is 123 Å². The van der Waals surface area contributed by atoms with Gasteiger partial charge in [0.25, 0.3) is 0 Å². The van der Waals surface area contributed by atoms with Gasteiger partial charge in [-0.15, -0.1) is 0 Å². The second-order valence-corrected chi connectivity index (χ2v) is 4.85. The molecule has 4 heteroatoms. The second-order valence-electron chi connectivity index (χ2n) is 4.85. The summed E-state index contributed by atoms with van der Waals surface area (Å²) >= 11 is 0. The average Bonchev–Trinajstić information content (AvgIpc) is 2.53. The highest BCUT2D eigenvalue weighted by atomic mass is 16.5. The molecule has 3 N–H and O–H groups in total. The van der Waals surface area contributed by atoms with Crippen molar-refractivity contribution in [2.75, 3.05) is 18.2 Å². The lowest BCUT2D eigenvalue weighted by molar-refractivity contribution is 0.414. The van der Waals surface area contributed by atoms with Crippen molar-refractivity contribution >= 4 is 22.4 Å². The van der Waals surface area contributed by atoms with E-state index in [1.165, 1.54) is 0 Å². The number of anilines is 2. The maximum absolute atomic E-state index is 5.77. The SMILES string of the molecule is COc1cccc(CNc2ccc3cc(N)ccc3n2)c1. The first kappa shape index (κ1) is 13.2. The molecule has 4 nitrogen and oxygen atoms in total. The lowest BCUT2D eigenvalue weighted by Gasteiger charge is -2.08. The number of methoxy groups -OCH3 is 1. The first-order valence-corrected chi connectivity index (χ1v) is 6.78. The van der Waals surface area contributed by atoms with Gasteiger partial charge in [-0.25, -0.2) is 4.98 Å². The lowest BCUT2D eigenvalue weighted by atomic mass is 10.2. The van der Waals surface area contributed by atoms with E-state index in [0.29, 0.717) is 6.54 Å². The molecule has 0 aliphatic heterocycles. The minimum absolute atomic E-state index is 0.699. The van der Waals surface area contributed by atoms with Crippen molar-refractivity contribution in [2.45, 2.75) is 6.54 Å². The number of rotatable bonds is 4. The third kappa shape index (κ3) is 3.05. The van der Waals surface area contributed by atoms with E-state index >= 15 is 0 Å². The number of fused-ring (bicyclic) bond motifs is 1. The van der Waals surface area contributed by atoms with Crippen LogP contribution in [0.3, 0.4) is 0 Å². The van der Waals surface area contributed by atoms with Crippen molar-refractivity contribution in [2.24, 2.45) is 0 Å². The fraction of sp³-hybridized carbons (Fsp3) is 0.118. The van der Waals surface area contributed by atoms with Gasteiger partial charge in [-0.05, 0) is 48.0 Å². The van der Waals surface area contributed by atoms with Gasteiger partial charge in [0.15, 0.2) is 0 Å². The highest BCUT2D eigenvalue weighted by Crippen LogP contribution is 2.19. The minimum Gasteiger partial charge on any atom is -0.497 e. The number of hydrogen-bond acceptors (Lipinski definition) is 4. The van der Waals surface area contributed by atoms with E-state index in [1.807, 2.05) is 48.5 Å². The number of nitrogen functional groups attached to an aromatic ring is 1. The molecule has 2 aromatic carbocycles. The van der Waals surface area contributed by atoms with Crippen LogP contribution in [0.5, 0.6) is 5.75 Å². The quantitative estimate of drug-likeness (QED) is 0.718. The van der Waals surface area contributed by atoms with Crippen LogP contribution in [0.1, 0.15) is 5.56 Å². The van der Waals surface area contributed by atoms with Gasteiger partial charge in [0.1, 0.15) is 11.6 Å². The van der Waals surface area contributed by atoms with Crippen LogP contribution >= 0.6 is 0 Å². The first-order valence-electron chi connectivity index (χ1n) is 6.78. The minimum atomic E-state index is 0.699. The fourth-order valence-corrected chi connectivity index (χ4v) is 2.22. The van der Waals surface area contributed by atoms with Crippen molar-refractivity contribution in [1.82, 2.24) is 4.98 Å². The molecule has 3 aromatic rings. The number of hydrogen-bond donors (Lipinski definition) is 2. The molecule has 0 saturated heterocycles. The standard InChI is InChI=1S/C17H17N3O/c1-21-15-4-2-3-12(9-15)11-19-17-8-5-13-10-14(18)6-7-16(13)20-17/h2-10H,11,18H2,1H3,(H,19,20). The Bertz CT molecular complexity index is 771. The molecule has 0 fully saturated rings. The van der Waals surface area contributed by atoms with E-state index in [0.717, 1.165) is 33.7 Å². The lowest BCUT2D eigenvalue weighted by Crippen LogP contribution is -2.01. The van der Waals surface area contributed by atoms with Crippen molar-refractivity contribution in [1.29, 1.82) is 0 Å². The summed E-state index contributed by atoms with van der Waals surface area (Å²) in [5.74, 6) is 1.70. The number of pyridine rings is 1. The third-order valence-corrected chi connectivity index (χ3v) is 3.32. The molecule has 0 aliphatic carbocycles. The van der Waals surface area contributed by atoms with Gasteiger partial charge in [0.2, 0.25) is 0 Å². The molecule has 0 spiro atoms. The van der Waals surface area contributed by atoms with Gasteiger partial charge in [0.05, 0.1) is 12.6 Å². The predicted molar refractivity (Wildman–Crippen MR) is 86.5 cm³/mol. The summed E-state index contributed by atoms with van der Waals surface area (Å²) in [6.45, 7) is 0.699. The molecule has 0 amide bonds.